The molecule has 0 radical (unpaired) electrons. The quantitative estimate of drug-likeness (QED) is 0.589. The third-order valence-corrected chi connectivity index (χ3v) is 5.94. The van der Waals surface area contributed by atoms with E-state index in [9.17, 15) is 5.11 Å². The van der Waals surface area contributed by atoms with Gasteiger partial charge in [0.05, 0.1) is 6.61 Å². The monoisotopic (exact) mass is 388 g/mol. The predicted molar refractivity (Wildman–Crippen MR) is 116 cm³/mol. The molecule has 1 unspecified atom stereocenters. The molecule has 0 heterocycles. The Morgan fingerprint density at radius 1 is 0.926 bits per heavy atom. The van der Waals surface area contributed by atoms with E-state index in [2.05, 4.69) is 59.7 Å². The molecule has 0 amide bonds. The van der Waals surface area contributed by atoms with Crippen molar-refractivity contribution in [3.63, 3.8) is 0 Å². The highest BCUT2D eigenvalue weighted by Crippen LogP contribution is 2.37. The van der Waals surface area contributed by atoms with Gasteiger partial charge in [-0.3, -0.25) is 0 Å². The largest absolute Gasteiger partial charge is 0.467 e. The fourth-order valence-corrected chi connectivity index (χ4v) is 4.25. The van der Waals surface area contributed by atoms with Crippen LogP contribution in [0.4, 0.5) is 0 Å². The van der Waals surface area contributed by atoms with Crippen LogP contribution in [0.1, 0.15) is 58.2 Å². The lowest BCUT2D eigenvalue weighted by Crippen LogP contribution is -2.24. The van der Waals surface area contributed by atoms with Crippen LogP contribution in [0.3, 0.4) is 0 Å². The van der Waals surface area contributed by atoms with E-state index >= 15 is 0 Å². The molecule has 1 atom stereocenters. The fourth-order valence-electron chi connectivity index (χ4n) is 2.91. The number of methoxy groups -OCH3 is 1. The van der Waals surface area contributed by atoms with Crippen LogP contribution in [0, 0.1) is 0 Å². The van der Waals surface area contributed by atoms with Gasteiger partial charge in [-0.2, -0.15) is 0 Å². The van der Waals surface area contributed by atoms with Gasteiger partial charge in [0.15, 0.2) is 6.79 Å². The first-order valence-electron chi connectivity index (χ1n) is 9.34. The Balaban J connectivity index is 2.67. The van der Waals surface area contributed by atoms with Crippen molar-refractivity contribution in [1.82, 2.24) is 0 Å². The van der Waals surface area contributed by atoms with Crippen molar-refractivity contribution in [2.75, 3.05) is 13.9 Å². The zero-order valence-corrected chi connectivity index (χ0v) is 18.6. The molecule has 0 aliphatic heterocycles. The van der Waals surface area contributed by atoms with Crippen LogP contribution in [0.5, 0.6) is 5.75 Å². The molecule has 4 heteroatoms. The molecule has 0 aromatic heterocycles. The second-order valence-corrected chi connectivity index (χ2v) is 10.2. The second-order valence-electron chi connectivity index (χ2n) is 8.89. The van der Waals surface area contributed by atoms with Crippen LogP contribution in [0.25, 0.3) is 0 Å². The highest BCUT2D eigenvalue weighted by molar-refractivity contribution is 7.55. The molecular weight excluding hydrogens is 355 g/mol. The van der Waals surface area contributed by atoms with Crippen molar-refractivity contribution < 1.29 is 14.6 Å². The van der Waals surface area contributed by atoms with E-state index < -0.39 is 0 Å². The van der Waals surface area contributed by atoms with Crippen LogP contribution in [-0.4, -0.2) is 19.0 Å². The van der Waals surface area contributed by atoms with Crippen LogP contribution in [0.2, 0.25) is 0 Å². The number of hydrogen-bond acceptors (Lipinski definition) is 3. The first kappa shape index (κ1) is 21.9. The average Bonchev–Trinajstić information content (AvgIpc) is 2.58. The summed E-state index contributed by atoms with van der Waals surface area (Å²) < 4.78 is 11.3. The van der Waals surface area contributed by atoms with Gasteiger partial charge in [-0.15, -0.1) is 0 Å². The molecule has 148 valence electrons. The summed E-state index contributed by atoms with van der Waals surface area (Å²) in [6, 6.07) is 12.6. The van der Waals surface area contributed by atoms with E-state index in [4.69, 9.17) is 9.47 Å². The lowest BCUT2D eigenvalue weighted by atomic mass is 9.80. The Bertz CT molecular complexity index is 770. The first-order chi connectivity index (χ1) is 12.6. The Hall–Kier alpha value is -1.41. The molecule has 0 aliphatic carbocycles. The molecule has 2 aromatic rings. The van der Waals surface area contributed by atoms with Crippen LogP contribution in [-0.2, 0) is 22.2 Å². The zero-order valence-electron chi connectivity index (χ0n) is 17.6. The number of aliphatic hydroxyl groups excluding tert-OH is 1. The second kappa shape index (κ2) is 8.73. The maximum absolute atomic E-state index is 9.73. The average molecular weight is 388 g/mol. The van der Waals surface area contributed by atoms with Gasteiger partial charge in [-0.1, -0.05) is 80.5 Å². The summed E-state index contributed by atoms with van der Waals surface area (Å²) in [6.45, 7) is 13.6. The van der Waals surface area contributed by atoms with Gasteiger partial charge in [-0.25, -0.2) is 0 Å². The van der Waals surface area contributed by atoms with E-state index in [1.165, 1.54) is 11.1 Å². The zero-order chi connectivity index (χ0) is 20.2. The Morgan fingerprint density at radius 3 is 2.15 bits per heavy atom. The molecule has 27 heavy (non-hydrogen) atoms. The van der Waals surface area contributed by atoms with E-state index in [1.807, 2.05) is 18.2 Å². The van der Waals surface area contributed by atoms with Crippen molar-refractivity contribution >= 4 is 19.2 Å². The molecule has 0 aliphatic rings. The van der Waals surface area contributed by atoms with Crippen LogP contribution >= 0.6 is 8.58 Å². The summed E-state index contributed by atoms with van der Waals surface area (Å²) in [5.41, 5.74) is 3.43. The SMILES string of the molecule is COCOc1c(Pc2ccccc2CO)cc(C(C)(C)C)cc1C(C)(C)C. The molecule has 0 bridgehead atoms. The van der Waals surface area contributed by atoms with Crippen molar-refractivity contribution in [3.8, 4) is 5.75 Å². The molecule has 2 rings (SSSR count). The minimum Gasteiger partial charge on any atom is -0.467 e. The number of benzene rings is 2. The summed E-state index contributed by atoms with van der Waals surface area (Å²) in [7, 11) is 2.05. The fraction of sp³-hybridized carbons (Fsp3) is 0.478. The third kappa shape index (κ3) is 5.54. The van der Waals surface area contributed by atoms with Gasteiger partial charge in [0, 0.05) is 18.0 Å². The van der Waals surface area contributed by atoms with Gasteiger partial charge < -0.3 is 14.6 Å². The molecule has 0 saturated carbocycles. The number of rotatable bonds is 6. The van der Waals surface area contributed by atoms with E-state index in [0.29, 0.717) is 8.58 Å². The third-order valence-electron chi connectivity index (χ3n) is 4.54. The maximum atomic E-state index is 9.73. The number of aliphatic hydroxyl groups is 1. The summed E-state index contributed by atoms with van der Waals surface area (Å²) in [5, 5.41) is 12.0. The van der Waals surface area contributed by atoms with Gasteiger partial charge in [0.25, 0.3) is 0 Å². The van der Waals surface area contributed by atoms with Crippen molar-refractivity contribution in [1.29, 1.82) is 0 Å². The normalized spacial score (nSPS) is 12.7. The molecule has 2 aromatic carbocycles. The van der Waals surface area contributed by atoms with E-state index in [1.54, 1.807) is 7.11 Å². The smallest absolute Gasteiger partial charge is 0.188 e. The summed E-state index contributed by atoms with van der Waals surface area (Å²) >= 11 is 0. The minimum atomic E-state index is -0.0555. The summed E-state index contributed by atoms with van der Waals surface area (Å²) in [4.78, 5) is 0. The number of ether oxygens (including phenoxy) is 2. The van der Waals surface area contributed by atoms with Gasteiger partial charge in [-0.05, 0) is 33.3 Å². The minimum absolute atomic E-state index is 0.0372. The van der Waals surface area contributed by atoms with Gasteiger partial charge in [0.2, 0.25) is 0 Å². The number of hydrogen-bond donors (Lipinski definition) is 1. The van der Waals surface area contributed by atoms with Crippen molar-refractivity contribution in [2.24, 2.45) is 0 Å². The lowest BCUT2D eigenvalue weighted by molar-refractivity contribution is 0.0506. The summed E-state index contributed by atoms with van der Waals surface area (Å²) in [6.07, 6.45) is 0. The van der Waals surface area contributed by atoms with Crippen molar-refractivity contribution in [3.05, 3.63) is 53.1 Å². The van der Waals surface area contributed by atoms with Crippen molar-refractivity contribution in [2.45, 2.75) is 59.0 Å². The van der Waals surface area contributed by atoms with Crippen LogP contribution in [0.15, 0.2) is 36.4 Å². The van der Waals surface area contributed by atoms with E-state index in [-0.39, 0.29) is 24.2 Å². The molecule has 0 saturated heterocycles. The molecule has 1 N–H and O–H groups in total. The topological polar surface area (TPSA) is 38.7 Å². The van der Waals surface area contributed by atoms with Gasteiger partial charge in [0.1, 0.15) is 5.75 Å². The molecule has 3 nitrogen and oxygen atoms in total. The maximum Gasteiger partial charge on any atom is 0.188 e. The Kier molecular flexibility index (Phi) is 7.08. The standard InChI is InChI=1S/C23H33O3P/c1-22(2,3)17-12-18(23(4,5)6)21(26-15-25-7)20(13-17)27-19-11-9-8-10-16(19)14-24/h8-13,24,27H,14-15H2,1-7H3. The van der Waals surface area contributed by atoms with E-state index in [0.717, 1.165) is 21.9 Å². The lowest BCUT2D eigenvalue weighted by Gasteiger charge is -2.29. The van der Waals surface area contributed by atoms with Crippen LogP contribution < -0.4 is 15.3 Å². The Morgan fingerprint density at radius 2 is 1.59 bits per heavy atom. The highest BCUT2D eigenvalue weighted by Gasteiger charge is 2.26. The molecule has 0 fully saturated rings. The van der Waals surface area contributed by atoms with Gasteiger partial charge >= 0.3 is 0 Å². The molecule has 0 spiro atoms. The first-order valence-corrected chi connectivity index (χ1v) is 10.3. The predicted octanol–water partition coefficient (Wildman–Crippen LogP) is 4.39. The molecular formula is C23H33O3P. The highest BCUT2D eigenvalue weighted by atomic mass is 31.1. The Labute approximate surface area is 165 Å². The summed E-state index contributed by atoms with van der Waals surface area (Å²) in [5.74, 6) is 0.906.